The minimum atomic E-state index is -0.870. The van der Waals surface area contributed by atoms with Crippen molar-refractivity contribution in [2.75, 3.05) is 49.1 Å². The number of aromatic nitrogens is 2. The van der Waals surface area contributed by atoms with Crippen LogP contribution in [0.5, 0.6) is 11.8 Å². The molecule has 0 aliphatic carbocycles. The van der Waals surface area contributed by atoms with Gasteiger partial charge >= 0.3 is 12.0 Å². The van der Waals surface area contributed by atoms with Gasteiger partial charge in [-0.2, -0.15) is 9.97 Å². The molecule has 43 heavy (non-hydrogen) atoms. The van der Waals surface area contributed by atoms with Gasteiger partial charge < -0.3 is 24.7 Å². The zero-order valence-electron chi connectivity index (χ0n) is 24.4. The number of ether oxygens (including phenoxy) is 1. The van der Waals surface area contributed by atoms with Crippen molar-refractivity contribution in [1.29, 1.82) is 0 Å². The normalized spacial score (nSPS) is 25.4. The maximum absolute atomic E-state index is 14.9. The average Bonchev–Trinajstić information content (AvgIpc) is 3.70. The topological polar surface area (TPSA) is 102 Å². The van der Waals surface area contributed by atoms with Crippen molar-refractivity contribution in [2.45, 2.75) is 63.7 Å². The molecule has 0 saturated carbocycles. The quantitative estimate of drug-likeness (QED) is 0.411. The number of rotatable bonds is 7. The molecular formula is C32H37F2N5O4. The number of benzene rings is 2. The summed E-state index contributed by atoms with van der Waals surface area (Å²) < 4.78 is 35.6. The fraction of sp³-hybridized carbons (Fsp3) is 0.531. The minimum Gasteiger partial charge on any atom is -0.508 e. The molecule has 0 bridgehead atoms. The van der Waals surface area contributed by atoms with E-state index in [0.29, 0.717) is 76.4 Å². The van der Waals surface area contributed by atoms with Crippen molar-refractivity contribution in [1.82, 2.24) is 14.9 Å². The Hall–Kier alpha value is -3.73. The molecule has 0 amide bonds. The number of anilines is 2. The Bertz CT molecular complexity index is 1590. The van der Waals surface area contributed by atoms with E-state index >= 15 is 0 Å². The molecule has 1 unspecified atom stereocenters. The molecular weight excluding hydrogens is 556 g/mol. The van der Waals surface area contributed by atoms with Gasteiger partial charge in [0.15, 0.2) is 0 Å². The highest BCUT2D eigenvalue weighted by Crippen LogP contribution is 2.42. The molecule has 9 nitrogen and oxygen atoms in total. The fourth-order valence-corrected chi connectivity index (χ4v) is 7.79. The minimum absolute atomic E-state index is 0.106. The highest BCUT2D eigenvalue weighted by molar-refractivity contribution is 5.98. The molecule has 3 atom stereocenters. The van der Waals surface area contributed by atoms with Crippen molar-refractivity contribution in [3.05, 3.63) is 46.9 Å². The van der Waals surface area contributed by atoms with Crippen molar-refractivity contribution in [3.63, 3.8) is 0 Å². The summed E-state index contributed by atoms with van der Waals surface area (Å²) in [5.41, 5.74) is 2.70. The molecule has 11 heteroatoms. The first-order valence-electron chi connectivity index (χ1n) is 15.3. The maximum atomic E-state index is 14.9. The van der Waals surface area contributed by atoms with E-state index in [2.05, 4.69) is 9.80 Å². The maximum Gasteiger partial charge on any atom is 0.318 e. The third kappa shape index (κ3) is 4.91. The van der Waals surface area contributed by atoms with Crippen LogP contribution in [0.25, 0.3) is 10.8 Å². The van der Waals surface area contributed by atoms with E-state index < -0.39 is 18.1 Å². The molecule has 3 saturated heterocycles. The van der Waals surface area contributed by atoms with Crippen LogP contribution in [0.3, 0.4) is 0 Å². The number of fused-ring (bicyclic) bond motifs is 3. The number of carboxylic acid groups (broad SMARTS) is 1. The highest BCUT2D eigenvalue weighted by atomic mass is 19.1. The largest absolute Gasteiger partial charge is 0.508 e. The van der Waals surface area contributed by atoms with Crippen LogP contribution < -0.4 is 14.5 Å². The summed E-state index contributed by atoms with van der Waals surface area (Å²) in [7, 11) is 0. The van der Waals surface area contributed by atoms with Gasteiger partial charge in [0.2, 0.25) is 0 Å². The number of aliphatic carboxylic acids is 1. The number of halogens is 2. The van der Waals surface area contributed by atoms with E-state index in [4.69, 9.17) is 14.7 Å². The van der Waals surface area contributed by atoms with Crippen LogP contribution in [-0.2, 0) is 24.2 Å². The predicted octanol–water partition coefficient (Wildman–Crippen LogP) is 4.47. The number of hydrogen-bond donors (Lipinski definition) is 2. The number of nitrogens with zero attached hydrogens (tertiary/aromatic N) is 5. The number of carbonyl (C=O) groups is 1. The average molecular weight is 594 g/mol. The van der Waals surface area contributed by atoms with Crippen LogP contribution in [0.15, 0.2) is 24.3 Å². The lowest BCUT2D eigenvalue weighted by molar-refractivity contribution is -0.140. The van der Waals surface area contributed by atoms with Crippen molar-refractivity contribution in [3.8, 4) is 11.8 Å². The standard InChI is InChI=1S/C32H37F2N5O4/c1-2-23-25(34)5-4-19-12-22(40)13-27(28(19)23)37-11-7-24-26(17-37)35-31(36-29(24)38-10-6-20(15-38)30(41)42)43-18-32-8-3-9-39(32)16-21(33)14-32/h4-5,12-13,20-21,40H,2-3,6-11,14-18H2,1H3,(H,41,42)/t20?,21-,32+/m1/s1. The smallest absolute Gasteiger partial charge is 0.318 e. The Labute approximate surface area is 249 Å². The summed E-state index contributed by atoms with van der Waals surface area (Å²) in [4.78, 5) is 27.8. The van der Waals surface area contributed by atoms with Gasteiger partial charge in [-0.05, 0) is 61.7 Å². The fourth-order valence-electron chi connectivity index (χ4n) is 7.79. The second-order valence-corrected chi connectivity index (χ2v) is 12.5. The Morgan fingerprint density at radius 1 is 1.16 bits per heavy atom. The lowest BCUT2D eigenvalue weighted by atomic mass is 9.95. The lowest BCUT2D eigenvalue weighted by Gasteiger charge is -2.34. The summed E-state index contributed by atoms with van der Waals surface area (Å²) >= 11 is 0. The van der Waals surface area contributed by atoms with E-state index in [1.807, 2.05) is 11.8 Å². The van der Waals surface area contributed by atoms with Crippen molar-refractivity contribution >= 4 is 28.2 Å². The van der Waals surface area contributed by atoms with E-state index in [1.165, 1.54) is 6.07 Å². The van der Waals surface area contributed by atoms with Crippen LogP contribution in [0.2, 0.25) is 0 Å². The first-order chi connectivity index (χ1) is 20.7. The summed E-state index contributed by atoms with van der Waals surface area (Å²) in [6, 6.07) is 6.69. The number of phenols is 1. The number of phenolic OH excluding ortho intramolecular Hbond substituents is 1. The SMILES string of the molecule is CCc1c(F)ccc2cc(O)cc(N3CCc4c(nc(OC[C@@]56CCCN5C[C@H](F)C6)nc4N4CCC(C(=O)O)C4)C3)c12. The molecule has 2 N–H and O–H groups in total. The first kappa shape index (κ1) is 28.1. The second kappa shape index (κ2) is 10.8. The molecule has 4 aliphatic heterocycles. The Morgan fingerprint density at radius 2 is 2.02 bits per heavy atom. The number of aryl methyl sites for hydroxylation is 1. The van der Waals surface area contributed by atoms with Crippen LogP contribution in [0.1, 0.15) is 49.4 Å². The number of carboxylic acids is 1. The van der Waals surface area contributed by atoms with Gasteiger partial charge in [-0.1, -0.05) is 13.0 Å². The molecule has 3 aromatic rings. The van der Waals surface area contributed by atoms with Gasteiger partial charge in [-0.3, -0.25) is 9.69 Å². The Balaban J connectivity index is 1.25. The molecule has 2 aromatic carbocycles. The van der Waals surface area contributed by atoms with Gasteiger partial charge in [0, 0.05) is 55.3 Å². The summed E-state index contributed by atoms with van der Waals surface area (Å²) in [6.45, 7) is 5.41. The second-order valence-electron chi connectivity index (χ2n) is 12.5. The van der Waals surface area contributed by atoms with Crippen molar-refractivity contribution < 1.29 is 28.5 Å². The van der Waals surface area contributed by atoms with Gasteiger partial charge in [0.1, 0.15) is 30.2 Å². The van der Waals surface area contributed by atoms with E-state index in [0.717, 1.165) is 47.1 Å². The van der Waals surface area contributed by atoms with E-state index in [-0.39, 0.29) is 23.1 Å². The molecule has 1 aromatic heterocycles. The summed E-state index contributed by atoms with van der Waals surface area (Å²) in [5.74, 6) is -0.758. The Morgan fingerprint density at radius 3 is 2.81 bits per heavy atom. The van der Waals surface area contributed by atoms with Crippen LogP contribution >= 0.6 is 0 Å². The van der Waals surface area contributed by atoms with Gasteiger partial charge in [0.05, 0.1) is 23.7 Å². The molecule has 7 rings (SSSR count). The van der Waals surface area contributed by atoms with Crippen LogP contribution in [0, 0.1) is 11.7 Å². The van der Waals surface area contributed by atoms with Gasteiger partial charge in [-0.25, -0.2) is 8.78 Å². The van der Waals surface area contributed by atoms with Gasteiger partial charge in [-0.15, -0.1) is 0 Å². The predicted molar refractivity (Wildman–Crippen MR) is 158 cm³/mol. The molecule has 0 radical (unpaired) electrons. The first-order valence-corrected chi connectivity index (χ1v) is 15.3. The van der Waals surface area contributed by atoms with E-state index in [9.17, 15) is 23.8 Å². The van der Waals surface area contributed by atoms with Crippen LogP contribution in [-0.4, -0.2) is 82.1 Å². The van der Waals surface area contributed by atoms with Crippen molar-refractivity contribution in [2.24, 2.45) is 5.92 Å². The monoisotopic (exact) mass is 593 g/mol. The third-order valence-electron chi connectivity index (χ3n) is 9.92. The molecule has 4 aliphatic rings. The highest BCUT2D eigenvalue weighted by Gasteiger charge is 2.49. The summed E-state index contributed by atoms with van der Waals surface area (Å²) in [5, 5.41) is 21.8. The van der Waals surface area contributed by atoms with Crippen LogP contribution in [0.4, 0.5) is 20.3 Å². The number of alkyl halides is 1. The summed E-state index contributed by atoms with van der Waals surface area (Å²) in [6.07, 6.45) is 3.07. The number of hydrogen-bond acceptors (Lipinski definition) is 8. The molecule has 228 valence electrons. The zero-order valence-corrected chi connectivity index (χ0v) is 24.4. The third-order valence-corrected chi connectivity index (χ3v) is 9.92. The molecule has 3 fully saturated rings. The van der Waals surface area contributed by atoms with Gasteiger partial charge in [0.25, 0.3) is 0 Å². The molecule has 5 heterocycles. The van der Waals surface area contributed by atoms with E-state index in [1.54, 1.807) is 18.2 Å². The number of aromatic hydroxyl groups is 1. The zero-order chi connectivity index (χ0) is 29.9. The molecule has 0 spiro atoms. The Kier molecular flexibility index (Phi) is 7.03. The lowest BCUT2D eigenvalue weighted by Crippen LogP contribution is -2.43.